The van der Waals surface area contributed by atoms with Crippen LogP contribution in [0.15, 0.2) is 30.6 Å². The van der Waals surface area contributed by atoms with Crippen LogP contribution in [0.4, 0.5) is 11.4 Å². The van der Waals surface area contributed by atoms with E-state index in [0.717, 1.165) is 28.3 Å². The molecule has 0 amide bonds. The highest BCUT2D eigenvalue weighted by Gasteiger charge is 2.01. The minimum absolute atomic E-state index is 0.650. The number of benzene rings is 1. The first kappa shape index (κ1) is 11.4. The average molecular weight is 228 g/mol. The van der Waals surface area contributed by atoms with Crippen molar-refractivity contribution >= 4 is 11.4 Å². The molecule has 4 heteroatoms. The molecule has 1 heterocycles. The number of hydrogen-bond donors (Lipinski definition) is 2. The van der Waals surface area contributed by atoms with Gasteiger partial charge in [-0.05, 0) is 31.5 Å². The van der Waals surface area contributed by atoms with Gasteiger partial charge in [0.25, 0.3) is 0 Å². The molecule has 0 unspecified atom stereocenters. The van der Waals surface area contributed by atoms with Crippen molar-refractivity contribution in [3.8, 4) is 0 Å². The van der Waals surface area contributed by atoms with Crippen LogP contribution in [0.25, 0.3) is 0 Å². The monoisotopic (exact) mass is 228 g/mol. The number of aryl methyl sites for hydroxylation is 1. The Kier molecular flexibility index (Phi) is 3.23. The van der Waals surface area contributed by atoms with E-state index in [1.807, 2.05) is 32.0 Å². The first-order valence-corrected chi connectivity index (χ1v) is 5.53. The summed E-state index contributed by atoms with van der Waals surface area (Å²) in [6.07, 6.45) is 3.55. The maximum absolute atomic E-state index is 5.84. The molecule has 4 nitrogen and oxygen atoms in total. The topological polar surface area (TPSA) is 63.8 Å². The molecule has 1 aromatic carbocycles. The summed E-state index contributed by atoms with van der Waals surface area (Å²) >= 11 is 0. The Morgan fingerprint density at radius 3 is 2.71 bits per heavy atom. The fourth-order valence-corrected chi connectivity index (χ4v) is 1.54. The fourth-order valence-electron chi connectivity index (χ4n) is 1.54. The molecule has 0 aliphatic heterocycles. The van der Waals surface area contributed by atoms with Crippen molar-refractivity contribution in [2.24, 2.45) is 0 Å². The van der Waals surface area contributed by atoms with E-state index in [9.17, 15) is 0 Å². The second-order valence-corrected chi connectivity index (χ2v) is 4.02. The minimum Gasteiger partial charge on any atom is -0.398 e. The SMILES string of the molecule is Cc1cnc(CNc2cccc(N)c2C)cn1. The Hall–Kier alpha value is -2.10. The summed E-state index contributed by atoms with van der Waals surface area (Å²) in [6.45, 7) is 4.57. The Morgan fingerprint density at radius 1 is 1.18 bits per heavy atom. The van der Waals surface area contributed by atoms with Crippen LogP contribution >= 0.6 is 0 Å². The third kappa shape index (κ3) is 2.72. The molecule has 0 spiro atoms. The Labute approximate surface area is 101 Å². The van der Waals surface area contributed by atoms with Gasteiger partial charge >= 0.3 is 0 Å². The molecule has 0 radical (unpaired) electrons. The minimum atomic E-state index is 0.650. The lowest BCUT2D eigenvalue weighted by Crippen LogP contribution is -2.04. The molecule has 0 aliphatic carbocycles. The maximum atomic E-state index is 5.84. The molecule has 0 bridgehead atoms. The van der Waals surface area contributed by atoms with E-state index < -0.39 is 0 Å². The molecule has 0 atom stereocenters. The number of aromatic nitrogens is 2. The Balaban J connectivity index is 2.07. The van der Waals surface area contributed by atoms with E-state index in [-0.39, 0.29) is 0 Å². The number of rotatable bonds is 3. The first-order chi connectivity index (χ1) is 8.16. The van der Waals surface area contributed by atoms with Crippen molar-refractivity contribution < 1.29 is 0 Å². The van der Waals surface area contributed by atoms with Crippen molar-refractivity contribution in [2.75, 3.05) is 11.1 Å². The number of nitrogens with one attached hydrogen (secondary N) is 1. The zero-order valence-electron chi connectivity index (χ0n) is 10.1. The Morgan fingerprint density at radius 2 is 2.00 bits per heavy atom. The van der Waals surface area contributed by atoms with Crippen LogP contribution in [0.1, 0.15) is 17.0 Å². The van der Waals surface area contributed by atoms with Crippen LogP contribution in [0.2, 0.25) is 0 Å². The van der Waals surface area contributed by atoms with Gasteiger partial charge in [-0.1, -0.05) is 6.07 Å². The summed E-state index contributed by atoms with van der Waals surface area (Å²) in [6, 6.07) is 5.84. The standard InChI is InChI=1S/C13H16N4/c1-9-6-16-11(7-15-9)8-17-13-5-3-4-12(14)10(13)2/h3-7,17H,8,14H2,1-2H3. The van der Waals surface area contributed by atoms with Crippen LogP contribution in [0.5, 0.6) is 0 Å². The predicted molar refractivity (Wildman–Crippen MR) is 69.7 cm³/mol. The lowest BCUT2D eigenvalue weighted by atomic mass is 10.1. The van der Waals surface area contributed by atoms with Crippen molar-refractivity contribution in [3.05, 3.63) is 47.5 Å². The summed E-state index contributed by atoms with van der Waals surface area (Å²) in [7, 11) is 0. The molecular weight excluding hydrogens is 212 g/mol. The summed E-state index contributed by atoms with van der Waals surface area (Å²) < 4.78 is 0. The van der Waals surface area contributed by atoms with Crippen LogP contribution in [0.3, 0.4) is 0 Å². The largest absolute Gasteiger partial charge is 0.398 e. The number of anilines is 2. The summed E-state index contributed by atoms with van der Waals surface area (Å²) in [4.78, 5) is 8.49. The summed E-state index contributed by atoms with van der Waals surface area (Å²) in [5, 5.41) is 3.31. The van der Waals surface area contributed by atoms with Crippen molar-refractivity contribution in [3.63, 3.8) is 0 Å². The van der Waals surface area contributed by atoms with E-state index in [1.165, 1.54) is 0 Å². The molecule has 0 saturated heterocycles. The third-order valence-corrected chi connectivity index (χ3v) is 2.67. The van der Waals surface area contributed by atoms with Gasteiger partial charge in [0.1, 0.15) is 0 Å². The first-order valence-electron chi connectivity index (χ1n) is 5.53. The lowest BCUT2D eigenvalue weighted by molar-refractivity contribution is 0.983. The zero-order valence-corrected chi connectivity index (χ0v) is 10.1. The van der Waals surface area contributed by atoms with Gasteiger partial charge in [-0.25, -0.2) is 0 Å². The number of nitrogens with two attached hydrogens (primary N) is 1. The van der Waals surface area contributed by atoms with Crippen LogP contribution in [-0.4, -0.2) is 9.97 Å². The van der Waals surface area contributed by atoms with Gasteiger partial charge in [0, 0.05) is 17.6 Å². The van der Waals surface area contributed by atoms with Gasteiger partial charge in [0.2, 0.25) is 0 Å². The fraction of sp³-hybridized carbons (Fsp3) is 0.231. The second kappa shape index (κ2) is 4.82. The molecule has 88 valence electrons. The van der Waals surface area contributed by atoms with E-state index >= 15 is 0 Å². The highest BCUT2D eigenvalue weighted by atomic mass is 14.9. The van der Waals surface area contributed by atoms with Gasteiger partial charge < -0.3 is 11.1 Å². The van der Waals surface area contributed by atoms with Crippen LogP contribution < -0.4 is 11.1 Å². The molecule has 2 rings (SSSR count). The predicted octanol–water partition coefficient (Wildman–Crippen LogP) is 2.29. The molecule has 0 saturated carbocycles. The van der Waals surface area contributed by atoms with Crippen LogP contribution in [0, 0.1) is 13.8 Å². The van der Waals surface area contributed by atoms with Gasteiger partial charge in [0.05, 0.1) is 24.1 Å². The molecular formula is C13H16N4. The van der Waals surface area contributed by atoms with Crippen molar-refractivity contribution in [1.29, 1.82) is 0 Å². The summed E-state index contributed by atoms with van der Waals surface area (Å²) in [5.74, 6) is 0. The zero-order chi connectivity index (χ0) is 12.3. The van der Waals surface area contributed by atoms with Gasteiger partial charge in [-0.15, -0.1) is 0 Å². The van der Waals surface area contributed by atoms with E-state index in [4.69, 9.17) is 5.73 Å². The highest BCUT2D eigenvalue weighted by molar-refractivity contribution is 5.62. The molecule has 1 aromatic heterocycles. The molecule has 2 aromatic rings. The number of nitrogen functional groups attached to an aromatic ring is 1. The van der Waals surface area contributed by atoms with Crippen LogP contribution in [-0.2, 0) is 6.54 Å². The second-order valence-electron chi connectivity index (χ2n) is 4.02. The lowest BCUT2D eigenvalue weighted by Gasteiger charge is -2.10. The average Bonchev–Trinajstić information content (AvgIpc) is 2.33. The molecule has 0 fully saturated rings. The highest BCUT2D eigenvalue weighted by Crippen LogP contribution is 2.20. The van der Waals surface area contributed by atoms with Gasteiger partial charge in [-0.2, -0.15) is 0 Å². The molecule has 0 aliphatic rings. The summed E-state index contributed by atoms with van der Waals surface area (Å²) in [5.41, 5.74) is 10.6. The normalized spacial score (nSPS) is 10.2. The quantitative estimate of drug-likeness (QED) is 0.791. The van der Waals surface area contributed by atoms with Crippen molar-refractivity contribution in [1.82, 2.24) is 9.97 Å². The van der Waals surface area contributed by atoms with E-state index in [2.05, 4.69) is 15.3 Å². The Bertz CT molecular complexity index is 505. The van der Waals surface area contributed by atoms with E-state index in [0.29, 0.717) is 6.54 Å². The van der Waals surface area contributed by atoms with E-state index in [1.54, 1.807) is 12.4 Å². The number of nitrogens with zero attached hydrogens (tertiary/aromatic N) is 2. The number of hydrogen-bond acceptors (Lipinski definition) is 4. The van der Waals surface area contributed by atoms with Crippen molar-refractivity contribution in [2.45, 2.75) is 20.4 Å². The van der Waals surface area contributed by atoms with Gasteiger partial charge in [-0.3, -0.25) is 9.97 Å². The molecule has 17 heavy (non-hydrogen) atoms. The maximum Gasteiger partial charge on any atom is 0.0777 e. The molecule has 3 N–H and O–H groups in total. The van der Waals surface area contributed by atoms with Gasteiger partial charge in [0.15, 0.2) is 0 Å². The third-order valence-electron chi connectivity index (χ3n) is 2.67. The smallest absolute Gasteiger partial charge is 0.0777 e.